The Labute approximate surface area is 171 Å². The van der Waals surface area contributed by atoms with Gasteiger partial charge in [0.05, 0.1) is 7.11 Å². The Bertz CT molecular complexity index is 793. The molecule has 0 aliphatic carbocycles. The van der Waals surface area contributed by atoms with E-state index in [2.05, 4.69) is 0 Å². The van der Waals surface area contributed by atoms with Gasteiger partial charge in [0.2, 0.25) is 0 Å². The Balaban J connectivity index is 2.62. The maximum Gasteiger partial charge on any atom is 0.315 e. The number of benzene rings is 2. The number of esters is 1. The Hall–Kier alpha value is -1.33. The fraction of sp³-hybridized carbons (Fsp3) is 0.278. The number of aromatic hydroxyl groups is 1. The van der Waals surface area contributed by atoms with Crippen molar-refractivity contribution in [1.29, 1.82) is 0 Å². The molecular formula is C18H16Cl4O4. The molecule has 0 aliphatic rings. The third kappa shape index (κ3) is 3.84. The van der Waals surface area contributed by atoms with E-state index in [0.29, 0.717) is 5.56 Å². The first-order valence-electron chi connectivity index (χ1n) is 7.47. The summed E-state index contributed by atoms with van der Waals surface area (Å²) in [6.45, 7) is 3.34. The van der Waals surface area contributed by atoms with Gasteiger partial charge in [-0.05, 0) is 19.4 Å². The smallest absolute Gasteiger partial charge is 0.315 e. The predicted molar refractivity (Wildman–Crippen MR) is 104 cm³/mol. The molecule has 0 fully saturated rings. The number of phenols is 1. The first-order chi connectivity index (χ1) is 12.1. The van der Waals surface area contributed by atoms with Crippen LogP contribution in [0.15, 0.2) is 30.3 Å². The summed E-state index contributed by atoms with van der Waals surface area (Å²) in [6, 6.07) is 9.03. The van der Waals surface area contributed by atoms with Crippen LogP contribution in [0.4, 0.5) is 0 Å². The van der Waals surface area contributed by atoms with E-state index in [1.54, 1.807) is 38.1 Å². The fourth-order valence-corrected chi connectivity index (χ4v) is 3.37. The molecule has 2 rings (SSSR count). The molecule has 0 saturated carbocycles. The minimum absolute atomic E-state index is 0.0352. The summed E-state index contributed by atoms with van der Waals surface area (Å²) in [6.07, 6.45) is -0.817. The van der Waals surface area contributed by atoms with Crippen molar-refractivity contribution in [2.45, 2.75) is 20.0 Å². The molecule has 0 saturated heterocycles. The summed E-state index contributed by atoms with van der Waals surface area (Å²) in [5.74, 6) is -0.972. The monoisotopic (exact) mass is 436 g/mol. The van der Waals surface area contributed by atoms with Crippen LogP contribution in [0.5, 0.6) is 11.5 Å². The average Bonchev–Trinajstić information content (AvgIpc) is 2.64. The molecule has 0 aromatic heterocycles. The number of carbonyl (C=O) groups excluding carboxylic acids is 1. The Morgan fingerprint density at radius 3 is 1.96 bits per heavy atom. The van der Waals surface area contributed by atoms with E-state index in [4.69, 9.17) is 55.9 Å². The van der Waals surface area contributed by atoms with Gasteiger partial charge in [-0.2, -0.15) is 0 Å². The quantitative estimate of drug-likeness (QED) is 0.438. The van der Waals surface area contributed by atoms with Gasteiger partial charge < -0.3 is 14.6 Å². The van der Waals surface area contributed by atoms with Gasteiger partial charge in [0.15, 0.2) is 11.5 Å². The molecule has 1 N–H and O–H groups in total. The van der Waals surface area contributed by atoms with Crippen LogP contribution >= 0.6 is 46.4 Å². The van der Waals surface area contributed by atoms with Crippen molar-refractivity contribution >= 4 is 52.4 Å². The predicted octanol–water partition coefficient (Wildman–Crippen LogP) is 6.33. The fourth-order valence-electron chi connectivity index (χ4n) is 2.45. The van der Waals surface area contributed by atoms with E-state index < -0.39 is 23.2 Å². The summed E-state index contributed by atoms with van der Waals surface area (Å²) in [4.78, 5) is 12.3. The summed E-state index contributed by atoms with van der Waals surface area (Å²) in [5, 5.41) is 9.25. The topological polar surface area (TPSA) is 55.8 Å². The highest BCUT2D eigenvalue weighted by atomic mass is 35.5. The second kappa shape index (κ2) is 8.13. The number of carbonyl (C=O) groups is 1. The second-order valence-corrected chi connectivity index (χ2v) is 7.57. The van der Waals surface area contributed by atoms with Crippen LogP contribution in [-0.4, -0.2) is 18.2 Å². The van der Waals surface area contributed by atoms with E-state index in [-0.39, 0.29) is 25.8 Å². The first-order valence-corrected chi connectivity index (χ1v) is 8.99. The van der Waals surface area contributed by atoms with Crippen LogP contribution in [-0.2, 0) is 9.53 Å². The van der Waals surface area contributed by atoms with Crippen molar-refractivity contribution in [3.63, 3.8) is 0 Å². The summed E-state index contributed by atoms with van der Waals surface area (Å²) in [5.41, 5.74) is -0.407. The number of hydrogen-bond acceptors (Lipinski definition) is 4. The van der Waals surface area contributed by atoms with Gasteiger partial charge in [0.25, 0.3) is 0 Å². The zero-order valence-corrected chi connectivity index (χ0v) is 17.2. The number of methoxy groups -OCH3 is 1. The summed E-state index contributed by atoms with van der Waals surface area (Å²) >= 11 is 24.4. The highest BCUT2D eigenvalue weighted by molar-refractivity contribution is 6.50. The lowest BCUT2D eigenvalue weighted by Gasteiger charge is -2.33. The molecule has 0 bridgehead atoms. The van der Waals surface area contributed by atoms with Gasteiger partial charge in [-0.3, -0.25) is 4.79 Å². The zero-order chi connectivity index (χ0) is 19.6. The van der Waals surface area contributed by atoms with Gasteiger partial charge in [-0.25, -0.2) is 0 Å². The number of halogens is 4. The van der Waals surface area contributed by atoms with Crippen molar-refractivity contribution in [2.24, 2.45) is 5.41 Å². The van der Waals surface area contributed by atoms with Crippen LogP contribution in [0.1, 0.15) is 25.5 Å². The lowest BCUT2D eigenvalue weighted by molar-refractivity contribution is -0.156. The normalized spacial score (nSPS) is 12.6. The van der Waals surface area contributed by atoms with Crippen LogP contribution in [0.3, 0.4) is 0 Å². The van der Waals surface area contributed by atoms with Crippen molar-refractivity contribution in [3.8, 4) is 11.5 Å². The summed E-state index contributed by atoms with van der Waals surface area (Å²) in [7, 11) is 1.29. The van der Waals surface area contributed by atoms with Crippen LogP contribution in [0, 0.1) is 5.41 Å². The van der Waals surface area contributed by atoms with Gasteiger partial charge in [0.1, 0.15) is 31.6 Å². The van der Waals surface area contributed by atoms with Crippen molar-refractivity contribution < 1.29 is 19.4 Å². The average molecular weight is 438 g/mol. The molecule has 2 aromatic rings. The Kier molecular flexibility index (Phi) is 6.56. The molecule has 0 spiro atoms. The molecule has 0 radical (unpaired) electrons. The minimum atomic E-state index is -1.10. The molecular weight excluding hydrogens is 422 g/mol. The molecule has 0 amide bonds. The number of phenolic OH excluding ortho intramolecular Hbond substituents is 1. The molecule has 0 heterocycles. The third-order valence-corrected chi connectivity index (χ3v) is 5.56. The highest BCUT2D eigenvalue weighted by Crippen LogP contribution is 2.51. The van der Waals surface area contributed by atoms with Gasteiger partial charge in [0, 0.05) is 0 Å². The third-order valence-electron chi connectivity index (χ3n) is 3.90. The summed E-state index contributed by atoms with van der Waals surface area (Å²) < 4.78 is 10.9. The Morgan fingerprint density at radius 1 is 1.00 bits per heavy atom. The van der Waals surface area contributed by atoms with Crippen LogP contribution in [0.2, 0.25) is 20.1 Å². The molecule has 140 valence electrons. The number of hydrogen-bond donors (Lipinski definition) is 1. The van der Waals surface area contributed by atoms with Crippen LogP contribution in [0.25, 0.3) is 0 Å². The number of ether oxygens (including phenoxy) is 2. The molecule has 26 heavy (non-hydrogen) atoms. The molecule has 4 nitrogen and oxygen atoms in total. The van der Waals surface area contributed by atoms with E-state index in [9.17, 15) is 9.90 Å². The largest absolute Gasteiger partial charge is 0.505 e. The lowest BCUT2D eigenvalue weighted by atomic mass is 9.82. The SMILES string of the molecule is COC(=O)C(C)(C)C(Oc1c(Cl)c(Cl)c(O)c(Cl)c1Cl)c1ccccc1. The van der Waals surface area contributed by atoms with Crippen molar-refractivity contribution in [2.75, 3.05) is 7.11 Å². The molecule has 8 heteroatoms. The minimum Gasteiger partial charge on any atom is -0.505 e. The van der Waals surface area contributed by atoms with E-state index in [1.807, 2.05) is 6.07 Å². The Morgan fingerprint density at radius 2 is 1.50 bits per heavy atom. The van der Waals surface area contributed by atoms with Crippen LogP contribution < -0.4 is 4.74 Å². The standard InChI is InChI=1S/C18H16Cl4O4/c1-18(2,17(24)25-3)16(9-7-5-4-6-8-9)26-15-12(21)10(19)14(23)11(20)13(15)22/h4-8,16,23H,1-3H3. The lowest BCUT2D eigenvalue weighted by Crippen LogP contribution is -2.35. The maximum absolute atomic E-state index is 12.3. The van der Waals surface area contributed by atoms with Crippen molar-refractivity contribution in [3.05, 3.63) is 56.0 Å². The van der Waals surface area contributed by atoms with E-state index in [1.165, 1.54) is 7.11 Å². The van der Waals surface area contributed by atoms with Gasteiger partial charge in [-0.15, -0.1) is 0 Å². The highest BCUT2D eigenvalue weighted by Gasteiger charge is 2.42. The zero-order valence-electron chi connectivity index (χ0n) is 14.1. The van der Waals surface area contributed by atoms with E-state index >= 15 is 0 Å². The molecule has 0 aliphatic heterocycles. The second-order valence-electron chi connectivity index (χ2n) is 6.06. The van der Waals surface area contributed by atoms with Gasteiger partial charge >= 0.3 is 5.97 Å². The molecule has 1 atom stereocenters. The first kappa shape index (κ1) is 21.0. The molecule has 2 aromatic carbocycles. The van der Waals surface area contributed by atoms with E-state index in [0.717, 1.165) is 0 Å². The maximum atomic E-state index is 12.3. The van der Waals surface area contributed by atoms with Gasteiger partial charge in [-0.1, -0.05) is 76.7 Å². The number of rotatable bonds is 5. The molecule has 1 unspecified atom stereocenters. The van der Waals surface area contributed by atoms with Crippen molar-refractivity contribution in [1.82, 2.24) is 0 Å².